The highest BCUT2D eigenvalue weighted by Crippen LogP contribution is 2.31. The van der Waals surface area contributed by atoms with Gasteiger partial charge >= 0.3 is 6.18 Å². The number of rotatable bonds is 4. The molecule has 7 heteroatoms. The van der Waals surface area contributed by atoms with Gasteiger partial charge in [0, 0.05) is 19.0 Å². The molecule has 0 saturated heterocycles. The molecule has 3 nitrogen and oxygen atoms in total. The molecule has 3 N–H and O–H groups in total. The van der Waals surface area contributed by atoms with Crippen LogP contribution < -0.4 is 11.1 Å². The predicted octanol–water partition coefficient (Wildman–Crippen LogP) is 2.48. The van der Waals surface area contributed by atoms with Crippen LogP contribution in [0.15, 0.2) is 24.3 Å². The molecule has 0 heterocycles. The van der Waals surface area contributed by atoms with Crippen molar-refractivity contribution in [2.45, 2.75) is 32.1 Å². The van der Waals surface area contributed by atoms with E-state index >= 15 is 0 Å². The Hall–Kier alpha value is -1.27. The zero-order valence-corrected chi connectivity index (χ0v) is 11.1. The van der Waals surface area contributed by atoms with E-state index in [1.54, 1.807) is 6.92 Å². The number of carbonyl (C=O) groups is 1. The maximum atomic E-state index is 12.7. The van der Waals surface area contributed by atoms with E-state index in [1.165, 1.54) is 18.2 Å². The molecule has 0 aliphatic carbocycles. The summed E-state index contributed by atoms with van der Waals surface area (Å²) >= 11 is 0. The van der Waals surface area contributed by atoms with Crippen LogP contribution in [0.2, 0.25) is 0 Å². The Bertz CT molecular complexity index is 422. The number of benzene rings is 1. The summed E-state index contributed by atoms with van der Waals surface area (Å²) in [7, 11) is 0. The zero-order valence-electron chi connectivity index (χ0n) is 10.3. The maximum Gasteiger partial charge on any atom is 0.416 e. The molecule has 0 aliphatic heterocycles. The molecule has 0 bridgehead atoms. The third-order valence-corrected chi connectivity index (χ3v) is 2.31. The number of carbonyl (C=O) groups excluding carboxylic acids is 1. The Kier molecular flexibility index (Phi) is 6.86. The van der Waals surface area contributed by atoms with Gasteiger partial charge in [0.1, 0.15) is 0 Å². The minimum Gasteiger partial charge on any atom is -0.352 e. The summed E-state index contributed by atoms with van der Waals surface area (Å²) in [4.78, 5) is 11.3. The van der Waals surface area contributed by atoms with Crippen molar-refractivity contribution < 1.29 is 18.0 Å². The van der Waals surface area contributed by atoms with Gasteiger partial charge in [0.2, 0.25) is 5.91 Å². The molecular formula is C12H16ClF3N2O. The minimum atomic E-state index is -4.41. The van der Waals surface area contributed by atoms with E-state index in [2.05, 4.69) is 5.32 Å². The predicted molar refractivity (Wildman–Crippen MR) is 68.8 cm³/mol. The molecule has 0 spiro atoms. The first kappa shape index (κ1) is 17.7. The lowest BCUT2D eigenvalue weighted by atomic mass is 10.1. The largest absolute Gasteiger partial charge is 0.416 e. The summed E-state index contributed by atoms with van der Waals surface area (Å²) < 4.78 is 38.0. The van der Waals surface area contributed by atoms with Crippen LogP contribution >= 0.6 is 12.4 Å². The Balaban J connectivity index is 0.00000324. The van der Waals surface area contributed by atoms with Crippen LogP contribution in [0, 0.1) is 0 Å². The average molecular weight is 297 g/mol. The molecule has 0 fully saturated rings. The van der Waals surface area contributed by atoms with Gasteiger partial charge in [0.05, 0.1) is 5.56 Å². The summed E-state index contributed by atoms with van der Waals surface area (Å²) in [6.45, 7) is 1.50. The van der Waals surface area contributed by atoms with Crippen molar-refractivity contribution >= 4 is 18.3 Å². The lowest BCUT2D eigenvalue weighted by Gasteiger charge is -2.13. The number of halogens is 4. The second-order valence-corrected chi connectivity index (χ2v) is 4.11. The van der Waals surface area contributed by atoms with Gasteiger partial charge in [-0.25, -0.2) is 0 Å². The fraction of sp³-hybridized carbons (Fsp3) is 0.417. The molecule has 1 aromatic rings. The fourth-order valence-corrected chi connectivity index (χ4v) is 1.51. The van der Waals surface area contributed by atoms with Gasteiger partial charge in [-0.05, 0) is 18.6 Å². The molecule has 1 aromatic carbocycles. The summed E-state index contributed by atoms with van der Waals surface area (Å²) in [6.07, 6.45) is -4.32. The molecule has 1 amide bonds. The van der Waals surface area contributed by atoms with Crippen molar-refractivity contribution in [3.05, 3.63) is 35.4 Å². The van der Waals surface area contributed by atoms with Crippen molar-refractivity contribution in [3.63, 3.8) is 0 Å². The molecule has 0 aromatic heterocycles. The van der Waals surface area contributed by atoms with Gasteiger partial charge in [0.25, 0.3) is 0 Å². The molecule has 0 aliphatic rings. The Labute approximate surface area is 115 Å². The number of amides is 1. The molecule has 19 heavy (non-hydrogen) atoms. The van der Waals surface area contributed by atoms with Crippen LogP contribution in [-0.4, -0.2) is 11.9 Å². The summed E-state index contributed by atoms with van der Waals surface area (Å²) in [6, 6.07) is 4.84. The molecule has 108 valence electrons. The molecule has 0 radical (unpaired) electrons. The lowest BCUT2D eigenvalue weighted by Crippen LogP contribution is -2.30. The quantitative estimate of drug-likeness (QED) is 0.897. The second kappa shape index (κ2) is 7.35. The number of alkyl halides is 3. The molecular weight excluding hydrogens is 281 g/mol. The Morgan fingerprint density at radius 3 is 2.47 bits per heavy atom. The normalized spacial score (nSPS) is 12.5. The van der Waals surface area contributed by atoms with E-state index in [0.717, 1.165) is 6.07 Å². The minimum absolute atomic E-state index is 0. The van der Waals surface area contributed by atoms with Crippen molar-refractivity contribution in [2.75, 3.05) is 0 Å². The number of hydrogen-bond donors (Lipinski definition) is 2. The topological polar surface area (TPSA) is 55.1 Å². The van der Waals surface area contributed by atoms with E-state index in [9.17, 15) is 18.0 Å². The maximum absolute atomic E-state index is 12.7. The molecule has 0 saturated carbocycles. The average Bonchev–Trinajstić information content (AvgIpc) is 2.24. The summed E-state index contributed by atoms with van der Waals surface area (Å²) in [5, 5.41) is 2.42. The van der Waals surface area contributed by atoms with Gasteiger partial charge < -0.3 is 11.1 Å². The third kappa shape index (κ3) is 5.94. The third-order valence-electron chi connectivity index (χ3n) is 2.31. The SMILES string of the molecule is CC(N)CC(=O)NCc1ccccc1C(F)(F)F.Cl. The first-order chi connectivity index (χ1) is 8.30. The highest BCUT2D eigenvalue weighted by Gasteiger charge is 2.32. The highest BCUT2D eigenvalue weighted by molar-refractivity contribution is 5.85. The standard InChI is InChI=1S/C12H15F3N2O.ClH/c1-8(16)6-11(18)17-7-9-4-2-3-5-10(9)12(13,14)15;/h2-5,8H,6-7,16H2,1H3,(H,17,18);1H. The fourth-order valence-electron chi connectivity index (χ4n) is 1.51. The van der Waals surface area contributed by atoms with E-state index in [0.29, 0.717) is 0 Å². The summed E-state index contributed by atoms with van der Waals surface area (Å²) in [5.41, 5.74) is 4.73. The van der Waals surface area contributed by atoms with Crippen molar-refractivity contribution in [3.8, 4) is 0 Å². The van der Waals surface area contributed by atoms with Gasteiger partial charge in [-0.1, -0.05) is 18.2 Å². The van der Waals surface area contributed by atoms with Gasteiger partial charge in [-0.2, -0.15) is 13.2 Å². The molecule has 1 rings (SSSR count). The Morgan fingerprint density at radius 1 is 1.37 bits per heavy atom. The number of nitrogens with two attached hydrogens (primary N) is 1. The number of hydrogen-bond acceptors (Lipinski definition) is 2. The van der Waals surface area contributed by atoms with Crippen LogP contribution in [-0.2, 0) is 17.5 Å². The molecule has 1 unspecified atom stereocenters. The lowest BCUT2D eigenvalue weighted by molar-refractivity contribution is -0.138. The van der Waals surface area contributed by atoms with Crippen LogP contribution in [0.3, 0.4) is 0 Å². The van der Waals surface area contributed by atoms with E-state index in [-0.39, 0.29) is 42.9 Å². The zero-order chi connectivity index (χ0) is 13.8. The van der Waals surface area contributed by atoms with E-state index in [1.807, 2.05) is 0 Å². The van der Waals surface area contributed by atoms with Crippen molar-refractivity contribution in [1.82, 2.24) is 5.32 Å². The van der Waals surface area contributed by atoms with Crippen LogP contribution in [0.25, 0.3) is 0 Å². The first-order valence-electron chi connectivity index (χ1n) is 5.48. The van der Waals surface area contributed by atoms with Crippen molar-refractivity contribution in [2.24, 2.45) is 5.73 Å². The van der Waals surface area contributed by atoms with E-state index in [4.69, 9.17) is 5.73 Å². The van der Waals surface area contributed by atoms with Crippen LogP contribution in [0.4, 0.5) is 13.2 Å². The highest BCUT2D eigenvalue weighted by atomic mass is 35.5. The van der Waals surface area contributed by atoms with Crippen LogP contribution in [0.1, 0.15) is 24.5 Å². The van der Waals surface area contributed by atoms with Gasteiger partial charge in [-0.15, -0.1) is 12.4 Å². The Morgan fingerprint density at radius 2 is 1.95 bits per heavy atom. The van der Waals surface area contributed by atoms with Gasteiger partial charge in [0.15, 0.2) is 0 Å². The van der Waals surface area contributed by atoms with Crippen molar-refractivity contribution in [1.29, 1.82) is 0 Å². The first-order valence-corrected chi connectivity index (χ1v) is 5.48. The molecule has 1 atom stereocenters. The second-order valence-electron chi connectivity index (χ2n) is 4.11. The van der Waals surface area contributed by atoms with E-state index < -0.39 is 11.7 Å². The summed E-state index contributed by atoms with van der Waals surface area (Å²) in [5.74, 6) is -0.359. The number of nitrogens with one attached hydrogen (secondary N) is 1. The van der Waals surface area contributed by atoms with Gasteiger partial charge in [-0.3, -0.25) is 4.79 Å². The smallest absolute Gasteiger partial charge is 0.352 e. The monoisotopic (exact) mass is 296 g/mol. The van der Waals surface area contributed by atoms with Crippen LogP contribution in [0.5, 0.6) is 0 Å².